The number of rotatable bonds is 8. The number of carbonyl (C=O) groups excluding carboxylic acids is 1. The van der Waals surface area contributed by atoms with Crippen LogP contribution in [-0.4, -0.2) is 71.7 Å². The number of nitrogens with one attached hydrogen (secondary N) is 3. The number of amides is 1. The van der Waals surface area contributed by atoms with E-state index in [0.717, 1.165) is 0 Å². The molecular formula is C15H23N3O7S2. The van der Waals surface area contributed by atoms with Crippen LogP contribution in [0.2, 0.25) is 0 Å². The predicted octanol–water partition coefficient (Wildman–Crippen LogP) is -1.32. The molecular weight excluding hydrogens is 398 g/mol. The topological polar surface area (TPSA) is 151 Å². The zero-order valence-corrected chi connectivity index (χ0v) is 16.6. The fourth-order valence-electron chi connectivity index (χ4n) is 2.69. The van der Waals surface area contributed by atoms with E-state index in [1.165, 1.54) is 32.2 Å². The summed E-state index contributed by atoms with van der Waals surface area (Å²) in [5.41, 5.74) is 0.227. The van der Waals surface area contributed by atoms with E-state index in [0.29, 0.717) is 5.75 Å². The third-order valence-electron chi connectivity index (χ3n) is 3.94. The first kappa shape index (κ1) is 21.6. The maximum absolute atomic E-state index is 12.4. The monoisotopic (exact) mass is 421 g/mol. The Bertz CT molecular complexity index is 900. The number of carbonyl (C=O) groups is 1. The van der Waals surface area contributed by atoms with Gasteiger partial charge in [-0.1, -0.05) is 0 Å². The van der Waals surface area contributed by atoms with Gasteiger partial charge in [-0.2, -0.15) is 0 Å². The van der Waals surface area contributed by atoms with E-state index in [-0.39, 0.29) is 41.1 Å². The Labute approximate surface area is 158 Å². The van der Waals surface area contributed by atoms with E-state index in [4.69, 9.17) is 4.74 Å². The molecule has 152 valence electrons. The van der Waals surface area contributed by atoms with Crippen molar-refractivity contribution >= 4 is 31.5 Å². The number of benzene rings is 1. The molecule has 1 aromatic carbocycles. The van der Waals surface area contributed by atoms with Gasteiger partial charge in [0.2, 0.25) is 15.9 Å². The van der Waals surface area contributed by atoms with Crippen LogP contribution < -0.4 is 20.1 Å². The lowest BCUT2D eigenvalue weighted by molar-refractivity contribution is -0.114. The average molecular weight is 421 g/mol. The maximum Gasteiger partial charge on any atom is 0.240 e. The SMILES string of the molecule is COc1ccc(S(=O)(=O)NCCN[C@@H]2CS(=O)(=O)C[C@@H]2O)cc1NC(C)=O. The van der Waals surface area contributed by atoms with Crippen LogP contribution in [0.25, 0.3) is 0 Å². The Balaban J connectivity index is 1.97. The highest BCUT2D eigenvalue weighted by molar-refractivity contribution is 7.91. The van der Waals surface area contributed by atoms with E-state index < -0.39 is 32.0 Å². The van der Waals surface area contributed by atoms with Crippen molar-refractivity contribution in [2.24, 2.45) is 0 Å². The summed E-state index contributed by atoms with van der Waals surface area (Å²) >= 11 is 0. The third kappa shape index (κ3) is 5.87. The first-order valence-electron chi connectivity index (χ1n) is 8.11. The van der Waals surface area contributed by atoms with Crippen molar-refractivity contribution < 1.29 is 31.5 Å². The molecule has 0 radical (unpaired) electrons. The number of hydrogen-bond acceptors (Lipinski definition) is 8. The van der Waals surface area contributed by atoms with E-state index in [1.807, 2.05) is 0 Å². The normalized spacial score (nSPS) is 21.7. The van der Waals surface area contributed by atoms with E-state index in [9.17, 15) is 26.7 Å². The fraction of sp³-hybridized carbons (Fsp3) is 0.533. The summed E-state index contributed by atoms with van der Waals surface area (Å²) in [6.07, 6.45) is -1.01. The smallest absolute Gasteiger partial charge is 0.240 e. The minimum Gasteiger partial charge on any atom is -0.495 e. The van der Waals surface area contributed by atoms with Crippen LogP contribution in [0.4, 0.5) is 5.69 Å². The Morgan fingerprint density at radius 1 is 1.30 bits per heavy atom. The minimum atomic E-state index is -3.85. The number of sulfonamides is 1. The molecule has 0 spiro atoms. The zero-order chi connectivity index (χ0) is 20.2. The Hall–Kier alpha value is -1.73. The summed E-state index contributed by atoms with van der Waals surface area (Å²) in [6.45, 7) is 1.43. The number of aliphatic hydroxyl groups is 1. The number of ether oxygens (including phenoxy) is 1. The van der Waals surface area contributed by atoms with Crippen molar-refractivity contribution in [3.05, 3.63) is 18.2 Å². The second-order valence-corrected chi connectivity index (χ2v) is 10.1. The van der Waals surface area contributed by atoms with Crippen LogP contribution in [0.15, 0.2) is 23.1 Å². The summed E-state index contributed by atoms with van der Waals surface area (Å²) in [4.78, 5) is 11.2. The highest BCUT2D eigenvalue weighted by Gasteiger charge is 2.35. The number of sulfone groups is 1. The number of hydrogen-bond donors (Lipinski definition) is 4. The van der Waals surface area contributed by atoms with Crippen molar-refractivity contribution in [2.45, 2.75) is 24.0 Å². The van der Waals surface area contributed by atoms with Crippen molar-refractivity contribution in [3.8, 4) is 5.75 Å². The van der Waals surface area contributed by atoms with E-state index in [2.05, 4.69) is 15.4 Å². The Kier molecular flexibility index (Phi) is 6.81. The first-order chi connectivity index (χ1) is 12.5. The fourth-order valence-corrected chi connectivity index (χ4v) is 5.53. The summed E-state index contributed by atoms with van der Waals surface area (Å²) in [7, 11) is -5.73. The van der Waals surface area contributed by atoms with Gasteiger partial charge in [-0.3, -0.25) is 4.79 Å². The van der Waals surface area contributed by atoms with Crippen LogP contribution in [-0.2, 0) is 24.7 Å². The number of anilines is 1. The van der Waals surface area contributed by atoms with Gasteiger partial charge in [0.15, 0.2) is 9.84 Å². The van der Waals surface area contributed by atoms with Gasteiger partial charge in [0.05, 0.1) is 35.3 Å². The second kappa shape index (κ2) is 8.52. The van der Waals surface area contributed by atoms with Crippen LogP contribution in [0.1, 0.15) is 6.92 Å². The first-order valence-corrected chi connectivity index (χ1v) is 11.4. The van der Waals surface area contributed by atoms with E-state index >= 15 is 0 Å². The molecule has 2 atom stereocenters. The molecule has 4 N–H and O–H groups in total. The Morgan fingerprint density at radius 2 is 2.00 bits per heavy atom. The summed E-state index contributed by atoms with van der Waals surface area (Å²) in [5, 5.41) is 15.0. The second-order valence-electron chi connectivity index (χ2n) is 6.15. The van der Waals surface area contributed by atoms with Crippen LogP contribution >= 0.6 is 0 Å². The van der Waals surface area contributed by atoms with Crippen molar-refractivity contribution in [1.82, 2.24) is 10.0 Å². The quantitative estimate of drug-likeness (QED) is 0.377. The lowest BCUT2D eigenvalue weighted by Crippen LogP contribution is -2.42. The largest absolute Gasteiger partial charge is 0.495 e. The van der Waals surface area contributed by atoms with Crippen molar-refractivity contribution in [3.63, 3.8) is 0 Å². The highest BCUT2D eigenvalue weighted by atomic mass is 32.2. The van der Waals surface area contributed by atoms with Gasteiger partial charge in [-0.25, -0.2) is 21.6 Å². The molecule has 0 saturated carbocycles. The van der Waals surface area contributed by atoms with Crippen molar-refractivity contribution in [1.29, 1.82) is 0 Å². The van der Waals surface area contributed by atoms with Gasteiger partial charge >= 0.3 is 0 Å². The molecule has 1 amide bonds. The average Bonchev–Trinajstić information content (AvgIpc) is 2.83. The van der Waals surface area contributed by atoms with Gasteiger partial charge in [0, 0.05) is 26.1 Å². The molecule has 1 aliphatic heterocycles. The lowest BCUT2D eigenvalue weighted by atomic mass is 10.2. The highest BCUT2D eigenvalue weighted by Crippen LogP contribution is 2.27. The minimum absolute atomic E-state index is 0.00684. The van der Waals surface area contributed by atoms with Gasteiger partial charge in [0.25, 0.3) is 0 Å². The van der Waals surface area contributed by atoms with Crippen LogP contribution in [0, 0.1) is 0 Å². The Morgan fingerprint density at radius 3 is 2.56 bits per heavy atom. The molecule has 1 aliphatic rings. The van der Waals surface area contributed by atoms with Crippen molar-refractivity contribution in [2.75, 3.05) is 37.0 Å². The maximum atomic E-state index is 12.4. The molecule has 2 rings (SSSR count). The molecule has 1 fully saturated rings. The molecule has 1 aromatic rings. The number of methoxy groups -OCH3 is 1. The molecule has 27 heavy (non-hydrogen) atoms. The van der Waals surface area contributed by atoms with Gasteiger partial charge in [0.1, 0.15) is 5.75 Å². The van der Waals surface area contributed by atoms with Gasteiger partial charge in [-0.05, 0) is 18.2 Å². The van der Waals surface area contributed by atoms with Gasteiger partial charge in [-0.15, -0.1) is 0 Å². The van der Waals surface area contributed by atoms with Gasteiger partial charge < -0.3 is 20.5 Å². The molecule has 1 saturated heterocycles. The zero-order valence-electron chi connectivity index (χ0n) is 14.9. The molecule has 1 heterocycles. The summed E-state index contributed by atoms with van der Waals surface area (Å²) < 4.78 is 55.1. The molecule has 12 heteroatoms. The number of aliphatic hydroxyl groups excluding tert-OH is 1. The predicted molar refractivity (Wildman–Crippen MR) is 98.9 cm³/mol. The lowest BCUT2D eigenvalue weighted by Gasteiger charge is -2.15. The summed E-state index contributed by atoms with van der Waals surface area (Å²) in [5.74, 6) is -0.527. The molecule has 0 unspecified atom stereocenters. The van der Waals surface area contributed by atoms with E-state index in [1.54, 1.807) is 0 Å². The molecule has 0 bridgehead atoms. The summed E-state index contributed by atoms with van der Waals surface area (Å²) in [6, 6.07) is 3.43. The molecule has 10 nitrogen and oxygen atoms in total. The standard InChI is InChI=1S/C15H23N3O7S2/c1-10(19)18-12-7-11(3-4-15(12)25-2)27(23,24)17-6-5-16-13-8-26(21,22)9-14(13)20/h3-4,7,13-14,16-17,20H,5-6,8-9H2,1-2H3,(H,18,19)/t13-,14+/m1/s1. The van der Waals surface area contributed by atoms with Crippen LogP contribution in [0.5, 0.6) is 5.75 Å². The molecule has 0 aliphatic carbocycles. The third-order valence-corrected chi connectivity index (χ3v) is 7.11. The molecule has 0 aromatic heterocycles. The van der Waals surface area contributed by atoms with Crippen LogP contribution in [0.3, 0.4) is 0 Å².